The van der Waals surface area contributed by atoms with Crippen LogP contribution < -0.4 is 5.32 Å². The number of nitrogens with one attached hydrogen (secondary N) is 1. The first-order chi connectivity index (χ1) is 9.36. The Bertz CT molecular complexity index is 478. The van der Waals surface area contributed by atoms with Crippen LogP contribution in [0.25, 0.3) is 0 Å². The zero-order chi connectivity index (χ0) is 15.3. The molecule has 0 bridgehead atoms. The Balaban J connectivity index is 2.82. The number of carbonyl (C=O) groups excluding carboxylic acids is 1. The summed E-state index contributed by atoms with van der Waals surface area (Å²) in [5.41, 5.74) is 0.679. The molecule has 0 spiro atoms. The number of methoxy groups -OCH3 is 1. The predicted molar refractivity (Wildman–Crippen MR) is 83.6 cm³/mol. The maximum absolute atomic E-state index is 11.7. The summed E-state index contributed by atoms with van der Waals surface area (Å²) in [5.74, 6) is 0.0601. The van der Waals surface area contributed by atoms with Crippen LogP contribution in [0.1, 0.15) is 25.8 Å². The van der Waals surface area contributed by atoms with E-state index in [0.717, 1.165) is 0 Å². The van der Waals surface area contributed by atoms with E-state index in [2.05, 4.69) is 5.32 Å². The first-order valence-corrected chi connectivity index (χ1v) is 7.43. The Morgan fingerprint density at radius 2 is 1.85 bits per heavy atom. The van der Waals surface area contributed by atoms with Crippen LogP contribution in [0.3, 0.4) is 0 Å². The maximum atomic E-state index is 11.7. The molecule has 1 N–H and O–H groups in total. The molecule has 1 aromatic rings. The molecular weight excluding hydrogens is 321 g/mol. The van der Waals surface area contributed by atoms with Crippen molar-refractivity contribution in [2.75, 3.05) is 7.11 Å². The molecule has 0 amide bonds. The van der Waals surface area contributed by atoms with Crippen LogP contribution >= 0.6 is 34.8 Å². The lowest BCUT2D eigenvalue weighted by Crippen LogP contribution is -2.38. The number of hydrogen-bond donors (Lipinski definition) is 1. The Morgan fingerprint density at radius 1 is 1.25 bits per heavy atom. The fourth-order valence-electron chi connectivity index (χ4n) is 1.83. The highest BCUT2D eigenvalue weighted by Gasteiger charge is 2.21. The number of halogens is 3. The van der Waals surface area contributed by atoms with Gasteiger partial charge >= 0.3 is 5.97 Å². The van der Waals surface area contributed by atoms with E-state index in [-0.39, 0.29) is 5.97 Å². The molecule has 112 valence electrons. The van der Waals surface area contributed by atoms with Crippen molar-refractivity contribution >= 4 is 40.8 Å². The number of hydrogen-bond acceptors (Lipinski definition) is 3. The van der Waals surface area contributed by atoms with E-state index in [1.807, 2.05) is 13.8 Å². The molecule has 6 heteroatoms. The Hall–Kier alpha value is -0.480. The first-order valence-electron chi connectivity index (χ1n) is 6.30. The van der Waals surface area contributed by atoms with Crippen LogP contribution in [0, 0.1) is 5.92 Å². The van der Waals surface area contributed by atoms with E-state index >= 15 is 0 Å². The minimum Gasteiger partial charge on any atom is -0.468 e. The summed E-state index contributed by atoms with van der Waals surface area (Å²) in [6.07, 6.45) is 0.669. The summed E-state index contributed by atoms with van der Waals surface area (Å²) in [4.78, 5) is 11.7. The van der Waals surface area contributed by atoms with Crippen LogP contribution in [-0.2, 0) is 16.1 Å². The molecule has 1 unspecified atom stereocenters. The molecule has 0 aliphatic rings. The van der Waals surface area contributed by atoms with E-state index in [1.165, 1.54) is 7.11 Å². The van der Waals surface area contributed by atoms with E-state index in [9.17, 15) is 4.79 Å². The molecule has 0 aromatic heterocycles. The average Bonchev–Trinajstić information content (AvgIpc) is 2.40. The van der Waals surface area contributed by atoms with Gasteiger partial charge in [0, 0.05) is 17.1 Å². The molecule has 20 heavy (non-hydrogen) atoms. The molecule has 3 nitrogen and oxygen atoms in total. The highest BCUT2D eigenvalue weighted by atomic mass is 35.5. The van der Waals surface area contributed by atoms with Crippen molar-refractivity contribution in [2.24, 2.45) is 5.92 Å². The summed E-state index contributed by atoms with van der Waals surface area (Å²) in [5, 5.41) is 4.48. The van der Waals surface area contributed by atoms with E-state index in [4.69, 9.17) is 39.5 Å². The second kappa shape index (κ2) is 8.08. The highest BCUT2D eigenvalue weighted by Crippen LogP contribution is 2.31. The molecular formula is C14H18Cl3NO2. The Morgan fingerprint density at radius 3 is 2.40 bits per heavy atom. The van der Waals surface area contributed by atoms with Gasteiger partial charge in [0.15, 0.2) is 0 Å². The molecule has 0 aliphatic carbocycles. The summed E-state index contributed by atoms with van der Waals surface area (Å²) in [6.45, 7) is 4.43. The third-order valence-electron chi connectivity index (χ3n) is 2.86. The fraction of sp³-hybridized carbons (Fsp3) is 0.500. The van der Waals surface area contributed by atoms with Crippen molar-refractivity contribution in [1.82, 2.24) is 5.32 Å². The number of esters is 1. The van der Waals surface area contributed by atoms with Crippen molar-refractivity contribution in [3.05, 3.63) is 32.8 Å². The second-order valence-electron chi connectivity index (χ2n) is 4.91. The quantitative estimate of drug-likeness (QED) is 0.620. The van der Waals surface area contributed by atoms with Crippen LogP contribution in [0.2, 0.25) is 15.1 Å². The topological polar surface area (TPSA) is 38.3 Å². The fourth-order valence-corrected chi connectivity index (χ4v) is 2.51. The van der Waals surface area contributed by atoms with Crippen molar-refractivity contribution in [2.45, 2.75) is 32.9 Å². The van der Waals surface area contributed by atoms with Gasteiger partial charge in [0.05, 0.1) is 17.2 Å². The van der Waals surface area contributed by atoms with Crippen LogP contribution in [0.15, 0.2) is 12.1 Å². The van der Waals surface area contributed by atoms with Gasteiger partial charge in [-0.2, -0.15) is 0 Å². The molecule has 0 radical (unpaired) electrons. The SMILES string of the molecule is COC(=O)C(CC(C)C)NCc1c(Cl)ccc(Cl)c1Cl. The van der Waals surface area contributed by atoms with Gasteiger partial charge in [-0.3, -0.25) is 4.79 Å². The minimum atomic E-state index is -0.397. The van der Waals surface area contributed by atoms with Crippen LogP contribution in [-0.4, -0.2) is 19.1 Å². The predicted octanol–water partition coefficient (Wildman–Crippen LogP) is 4.32. The number of benzene rings is 1. The minimum absolute atomic E-state index is 0.298. The molecule has 1 rings (SSSR count). The van der Waals surface area contributed by atoms with Gasteiger partial charge in [0.25, 0.3) is 0 Å². The molecule has 0 heterocycles. The van der Waals surface area contributed by atoms with Crippen molar-refractivity contribution in [1.29, 1.82) is 0 Å². The molecule has 1 atom stereocenters. The molecule has 0 fully saturated rings. The van der Waals surface area contributed by atoms with Crippen molar-refractivity contribution < 1.29 is 9.53 Å². The first kappa shape index (κ1) is 17.6. The van der Waals surface area contributed by atoms with Gasteiger partial charge < -0.3 is 10.1 Å². The number of ether oxygens (including phenoxy) is 1. The van der Waals surface area contributed by atoms with Gasteiger partial charge in [0.2, 0.25) is 0 Å². The molecule has 0 saturated heterocycles. The van der Waals surface area contributed by atoms with Crippen LogP contribution in [0.4, 0.5) is 0 Å². The lowest BCUT2D eigenvalue weighted by Gasteiger charge is -2.19. The lowest BCUT2D eigenvalue weighted by molar-refractivity contribution is -0.143. The van der Waals surface area contributed by atoms with Gasteiger partial charge in [-0.15, -0.1) is 0 Å². The summed E-state index contributed by atoms with van der Waals surface area (Å²) in [6, 6.07) is 2.93. The van der Waals surface area contributed by atoms with Crippen molar-refractivity contribution in [3.8, 4) is 0 Å². The Kier molecular flexibility index (Phi) is 7.10. The smallest absolute Gasteiger partial charge is 0.322 e. The monoisotopic (exact) mass is 337 g/mol. The third kappa shape index (κ3) is 4.81. The van der Waals surface area contributed by atoms with Crippen molar-refractivity contribution in [3.63, 3.8) is 0 Å². The van der Waals surface area contributed by atoms with Gasteiger partial charge in [-0.25, -0.2) is 0 Å². The number of rotatable bonds is 6. The highest BCUT2D eigenvalue weighted by molar-refractivity contribution is 6.44. The molecule has 0 aliphatic heterocycles. The van der Waals surface area contributed by atoms with Gasteiger partial charge in [-0.05, 0) is 24.5 Å². The summed E-state index contributed by atoms with van der Waals surface area (Å²) in [7, 11) is 1.37. The van der Waals surface area contributed by atoms with Gasteiger partial charge in [0.1, 0.15) is 6.04 Å². The van der Waals surface area contributed by atoms with Crippen LogP contribution in [0.5, 0.6) is 0 Å². The summed E-state index contributed by atoms with van der Waals surface area (Å²) >= 11 is 18.2. The molecule has 1 aromatic carbocycles. The standard InChI is InChI=1S/C14H18Cl3NO2/c1-8(2)6-12(14(19)20-3)18-7-9-10(15)4-5-11(16)13(9)17/h4-5,8,12,18H,6-7H2,1-3H3. The van der Waals surface area contributed by atoms with Gasteiger partial charge in [-0.1, -0.05) is 48.7 Å². The maximum Gasteiger partial charge on any atom is 0.322 e. The summed E-state index contributed by atoms with van der Waals surface area (Å²) < 4.78 is 4.79. The second-order valence-corrected chi connectivity index (χ2v) is 6.10. The Labute approximate surface area is 134 Å². The van der Waals surface area contributed by atoms with E-state index in [0.29, 0.717) is 39.5 Å². The lowest BCUT2D eigenvalue weighted by atomic mass is 10.0. The zero-order valence-corrected chi connectivity index (χ0v) is 13.9. The average molecular weight is 339 g/mol. The largest absolute Gasteiger partial charge is 0.468 e. The van der Waals surface area contributed by atoms with E-state index < -0.39 is 6.04 Å². The normalized spacial score (nSPS) is 12.6. The molecule has 0 saturated carbocycles. The number of carbonyl (C=O) groups is 1. The third-order valence-corrected chi connectivity index (χ3v) is 4.05. The van der Waals surface area contributed by atoms with E-state index in [1.54, 1.807) is 12.1 Å². The zero-order valence-electron chi connectivity index (χ0n) is 11.7.